The molecule has 0 spiro atoms. The fourth-order valence-electron chi connectivity index (χ4n) is 3.75. The monoisotopic (exact) mass is 415 g/mol. The minimum absolute atomic E-state index is 0.0523. The van der Waals surface area contributed by atoms with Crippen molar-refractivity contribution in [2.75, 3.05) is 38.5 Å². The second-order valence-corrected chi connectivity index (χ2v) is 9.71. The molecule has 1 atom stereocenters. The summed E-state index contributed by atoms with van der Waals surface area (Å²) in [6, 6.07) is 11.9. The third-order valence-electron chi connectivity index (χ3n) is 5.38. The Kier molecular flexibility index (Phi) is 6.29. The Hall–Kier alpha value is -2.38. The lowest BCUT2D eigenvalue weighted by atomic mass is 10.1. The van der Waals surface area contributed by atoms with Gasteiger partial charge in [0.1, 0.15) is 0 Å². The maximum Gasteiger partial charge on any atom is 0.262 e. The highest BCUT2D eigenvalue weighted by molar-refractivity contribution is 7.92. The van der Waals surface area contributed by atoms with E-state index < -0.39 is 10.0 Å². The number of nitrogens with one attached hydrogen (secondary N) is 1. The maximum absolute atomic E-state index is 12.7. The molecule has 0 radical (unpaired) electrons. The van der Waals surface area contributed by atoms with Crippen LogP contribution in [0.25, 0.3) is 0 Å². The zero-order chi connectivity index (χ0) is 21.2. The predicted octanol–water partition coefficient (Wildman–Crippen LogP) is 3.13. The summed E-state index contributed by atoms with van der Waals surface area (Å²) in [5.41, 5.74) is 2.55. The van der Waals surface area contributed by atoms with E-state index >= 15 is 0 Å². The second-order valence-electron chi connectivity index (χ2n) is 8.05. The van der Waals surface area contributed by atoms with E-state index in [9.17, 15) is 13.2 Å². The van der Waals surface area contributed by atoms with Crippen molar-refractivity contribution in [3.8, 4) is 0 Å². The second kappa shape index (κ2) is 8.55. The van der Waals surface area contributed by atoms with E-state index in [4.69, 9.17) is 0 Å². The first-order valence-corrected chi connectivity index (χ1v) is 11.3. The molecule has 6 nitrogen and oxygen atoms in total. The van der Waals surface area contributed by atoms with Gasteiger partial charge in [-0.15, -0.1) is 0 Å². The number of carbonyl (C=O) groups excluding carboxylic acids is 1. The molecule has 1 N–H and O–H groups in total. The van der Waals surface area contributed by atoms with Crippen molar-refractivity contribution in [1.82, 2.24) is 9.80 Å². The minimum Gasteiger partial charge on any atom is -0.341 e. The van der Waals surface area contributed by atoms with Crippen molar-refractivity contribution in [3.05, 3.63) is 59.2 Å². The molecule has 0 aromatic heterocycles. The first-order valence-electron chi connectivity index (χ1n) is 9.80. The van der Waals surface area contributed by atoms with Crippen LogP contribution in [-0.4, -0.2) is 57.9 Å². The highest BCUT2D eigenvalue weighted by Gasteiger charge is 2.23. The summed E-state index contributed by atoms with van der Waals surface area (Å²) >= 11 is 0. The molecule has 2 aromatic carbocycles. The van der Waals surface area contributed by atoms with Gasteiger partial charge in [0.15, 0.2) is 0 Å². The van der Waals surface area contributed by atoms with Gasteiger partial charge in [-0.3, -0.25) is 9.52 Å². The molecule has 1 saturated heterocycles. The Balaban J connectivity index is 1.68. The maximum atomic E-state index is 12.7. The van der Waals surface area contributed by atoms with Crippen molar-refractivity contribution in [3.63, 3.8) is 0 Å². The van der Waals surface area contributed by atoms with Gasteiger partial charge in [-0.1, -0.05) is 12.1 Å². The topological polar surface area (TPSA) is 69.7 Å². The lowest BCUT2D eigenvalue weighted by Crippen LogP contribution is -2.32. The molecular weight excluding hydrogens is 386 g/mol. The molecule has 0 aliphatic carbocycles. The van der Waals surface area contributed by atoms with Crippen LogP contribution in [0.15, 0.2) is 47.4 Å². The summed E-state index contributed by atoms with van der Waals surface area (Å²) in [5.74, 6) is 0.445. The molecule has 1 aliphatic heterocycles. The number of benzene rings is 2. The van der Waals surface area contributed by atoms with Crippen LogP contribution in [0.5, 0.6) is 0 Å². The van der Waals surface area contributed by atoms with Gasteiger partial charge in [0, 0.05) is 31.4 Å². The molecule has 1 heterocycles. The van der Waals surface area contributed by atoms with Crippen LogP contribution in [0.2, 0.25) is 0 Å². The Bertz CT molecular complexity index is 987. The van der Waals surface area contributed by atoms with E-state index in [0.717, 1.165) is 31.6 Å². The highest BCUT2D eigenvalue weighted by atomic mass is 32.2. The van der Waals surface area contributed by atoms with Crippen LogP contribution in [-0.2, 0) is 10.0 Å². The number of hydrogen-bond donors (Lipinski definition) is 1. The third kappa shape index (κ3) is 5.16. The summed E-state index contributed by atoms with van der Waals surface area (Å²) in [4.78, 5) is 17.0. The van der Waals surface area contributed by atoms with Crippen LogP contribution < -0.4 is 4.72 Å². The zero-order valence-electron chi connectivity index (χ0n) is 17.5. The average molecular weight is 416 g/mol. The van der Waals surface area contributed by atoms with Crippen LogP contribution in [0.1, 0.15) is 27.9 Å². The van der Waals surface area contributed by atoms with Gasteiger partial charge in [-0.25, -0.2) is 8.42 Å². The molecule has 0 bridgehead atoms. The van der Waals surface area contributed by atoms with Gasteiger partial charge in [0.25, 0.3) is 15.9 Å². The smallest absolute Gasteiger partial charge is 0.262 e. The fraction of sp³-hybridized carbons (Fsp3) is 0.409. The zero-order valence-corrected chi connectivity index (χ0v) is 18.3. The van der Waals surface area contributed by atoms with Crippen molar-refractivity contribution in [2.45, 2.75) is 25.2 Å². The molecule has 7 heteroatoms. The van der Waals surface area contributed by atoms with Crippen LogP contribution >= 0.6 is 0 Å². The number of carbonyl (C=O) groups is 1. The van der Waals surface area contributed by atoms with E-state index in [1.54, 1.807) is 48.2 Å². The van der Waals surface area contributed by atoms with Gasteiger partial charge in [0.05, 0.1) is 4.90 Å². The largest absolute Gasteiger partial charge is 0.341 e. The van der Waals surface area contributed by atoms with E-state index in [1.807, 2.05) is 20.0 Å². The molecule has 156 valence electrons. The average Bonchev–Trinajstić information content (AvgIpc) is 3.08. The standard InChI is InChI=1S/C22H29N3O3S/c1-16-5-6-17(2)21(13-16)29(27,28)23-20-9-7-19(8-10-20)22(26)25(4)15-18-11-12-24(3)14-18/h5-10,13,18,23H,11-12,14-15H2,1-4H3. The van der Waals surface area contributed by atoms with Gasteiger partial charge >= 0.3 is 0 Å². The highest BCUT2D eigenvalue weighted by Crippen LogP contribution is 2.22. The van der Waals surface area contributed by atoms with Gasteiger partial charge in [-0.05, 0) is 81.2 Å². The molecule has 1 unspecified atom stereocenters. The fourth-order valence-corrected chi connectivity index (χ4v) is 5.14. The van der Waals surface area contributed by atoms with Crippen LogP contribution in [0, 0.1) is 19.8 Å². The number of amides is 1. The molecule has 1 aliphatic rings. The molecule has 1 fully saturated rings. The first kappa shape index (κ1) is 21.3. The van der Waals surface area contributed by atoms with Crippen LogP contribution in [0.4, 0.5) is 5.69 Å². The van der Waals surface area contributed by atoms with E-state index in [1.165, 1.54) is 0 Å². The van der Waals surface area contributed by atoms with E-state index in [-0.39, 0.29) is 10.8 Å². The number of hydrogen-bond acceptors (Lipinski definition) is 4. The number of anilines is 1. The number of aryl methyl sites for hydroxylation is 2. The summed E-state index contributed by atoms with van der Waals surface area (Å²) in [6.07, 6.45) is 1.10. The van der Waals surface area contributed by atoms with Crippen molar-refractivity contribution < 1.29 is 13.2 Å². The number of rotatable bonds is 6. The van der Waals surface area contributed by atoms with E-state index in [0.29, 0.717) is 22.7 Å². The van der Waals surface area contributed by atoms with Gasteiger partial charge < -0.3 is 9.80 Å². The first-order chi connectivity index (χ1) is 13.7. The summed E-state index contributed by atoms with van der Waals surface area (Å²) < 4.78 is 28.1. The van der Waals surface area contributed by atoms with E-state index in [2.05, 4.69) is 16.7 Å². The molecular formula is C22H29N3O3S. The number of sulfonamides is 1. The molecule has 0 saturated carbocycles. The number of nitrogens with zero attached hydrogens (tertiary/aromatic N) is 2. The number of likely N-dealkylation sites (tertiary alicyclic amines) is 1. The quantitative estimate of drug-likeness (QED) is 0.787. The Labute approximate surface area is 173 Å². The lowest BCUT2D eigenvalue weighted by Gasteiger charge is -2.21. The van der Waals surface area contributed by atoms with Gasteiger partial charge in [0.2, 0.25) is 0 Å². The summed E-state index contributed by atoms with van der Waals surface area (Å²) in [5, 5.41) is 0. The van der Waals surface area contributed by atoms with Crippen molar-refractivity contribution >= 4 is 21.6 Å². The van der Waals surface area contributed by atoms with Crippen molar-refractivity contribution in [2.24, 2.45) is 5.92 Å². The third-order valence-corrected chi connectivity index (χ3v) is 6.91. The Morgan fingerprint density at radius 2 is 1.86 bits per heavy atom. The normalized spacial score (nSPS) is 17.3. The van der Waals surface area contributed by atoms with Crippen molar-refractivity contribution in [1.29, 1.82) is 0 Å². The molecule has 3 rings (SSSR count). The summed E-state index contributed by atoms with van der Waals surface area (Å²) in [7, 11) is 0.227. The van der Waals surface area contributed by atoms with Gasteiger partial charge in [-0.2, -0.15) is 0 Å². The molecule has 2 aromatic rings. The van der Waals surface area contributed by atoms with Crippen LogP contribution in [0.3, 0.4) is 0 Å². The summed E-state index contributed by atoms with van der Waals surface area (Å²) in [6.45, 7) is 6.44. The molecule has 1 amide bonds. The minimum atomic E-state index is -3.69. The Morgan fingerprint density at radius 1 is 1.17 bits per heavy atom. The lowest BCUT2D eigenvalue weighted by molar-refractivity contribution is 0.0774. The molecule has 29 heavy (non-hydrogen) atoms. The Morgan fingerprint density at radius 3 is 2.48 bits per heavy atom. The SMILES string of the molecule is Cc1ccc(C)c(S(=O)(=O)Nc2ccc(C(=O)N(C)CC3CCN(C)C3)cc2)c1. The predicted molar refractivity (Wildman–Crippen MR) is 116 cm³/mol.